The maximum Gasteiger partial charge on any atom is 0.139 e. The first-order chi connectivity index (χ1) is 7.45. The molecule has 1 aliphatic rings. The summed E-state index contributed by atoms with van der Waals surface area (Å²) in [5.41, 5.74) is 2.02. The highest BCUT2D eigenvalue weighted by atomic mass is 16.5. The number of hydrogen-bond donors (Lipinski definition) is 0. The lowest BCUT2D eigenvalue weighted by Gasteiger charge is -2.27. The van der Waals surface area contributed by atoms with Gasteiger partial charge in [-0.05, 0) is 6.07 Å². The zero-order valence-corrected chi connectivity index (χ0v) is 8.35. The second-order valence-electron chi connectivity index (χ2n) is 3.59. The predicted octanol–water partition coefficient (Wildman–Crippen LogP) is 1.66. The van der Waals surface area contributed by atoms with Crippen molar-refractivity contribution in [3.63, 3.8) is 0 Å². The molecule has 0 unspecified atom stereocenters. The summed E-state index contributed by atoms with van der Waals surface area (Å²) in [6.45, 7) is 3.41. The van der Waals surface area contributed by atoms with Crippen molar-refractivity contribution in [2.75, 3.05) is 31.2 Å². The van der Waals surface area contributed by atoms with Gasteiger partial charge in [0.1, 0.15) is 11.8 Å². The molecule has 3 heterocycles. The van der Waals surface area contributed by atoms with Crippen LogP contribution in [0.5, 0.6) is 0 Å². The number of hydrogen-bond acceptors (Lipinski definition) is 4. The molecule has 0 spiro atoms. The van der Waals surface area contributed by atoms with E-state index in [9.17, 15) is 0 Å². The molecule has 4 heteroatoms. The van der Waals surface area contributed by atoms with Gasteiger partial charge in [0.2, 0.25) is 0 Å². The molecule has 2 aromatic rings. The minimum atomic E-state index is 0.785. The Morgan fingerprint density at radius 3 is 3.00 bits per heavy atom. The van der Waals surface area contributed by atoms with E-state index in [0.717, 1.165) is 43.0 Å². The normalized spacial score (nSPS) is 17.2. The summed E-state index contributed by atoms with van der Waals surface area (Å²) >= 11 is 0. The first-order valence-electron chi connectivity index (χ1n) is 5.09. The minimum absolute atomic E-state index is 0.785. The van der Waals surface area contributed by atoms with Crippen LogP contribution < -0.4 is 4.90 Å². The van der Waals surface area contributed by atoms with Crippen LogP contribution in [0.25, 0.3) is 11.0 Å². The van der Waals surface area contributed by atoms with Crippen molar-refractivity contribution in [1.29, 1.82) is 0 Å². The maximum absolute atomic E-state index is 5.48. The topological polar surface area (TPSA) is 38.5 Å². The van der Waals surface area contributed by atoms with Crippen molar-refractivity contribution in [1.82, 2.24) is 4.98 Å². The highest BCUT2D eigenvalue weighted by Gasteiger charge is 2.15. The number of rotatable bonds is 1. The Hall–Kier alpha value is -1.55. The zero-order chi connectivity index (χ0) is 10.1. The van der Waals surface area contributed by atoms with E-state index in [4.69, 9.17) is 9.15 Å². The van der Waals surface area contributed by atoms with E-state index >= 15 is 0 Å². The molecule has 0 saturated carbocycles. The first kappa shape index (κ1) is 8.73. The summed E-state index contributed by atoms with van der Waals surface area (Å²) in [5.74, 6) is 0. The van der Waals surface area contributed by atoms with Gasteiger partial charge in [-0.25, -0.2) is 0 Å². The minimum Gasteiger partial charge on any atom is -0.462 e. The second kappa shape index (κ2) is 3.55. The lowest BCUT2D eigenvalue weighted by molar-refractivity contribution is 0.123. The molecule has 0 amide bonds. The zero-order valence-electron chi connectivity index (χ0n) is 8.35. The summed E-state index contributed by atoms with van der Waals surface area (Å²) < 4.78 is 10.8. The molecular formula is C11H12N2O2. The average molecular weight is 204 g/mol. The van der Waals surface area contributed by atoms with E-state index in [2.05, 4.69) is 9.88 Å². The Morgan fingerprint density at radius 1 is 1.27 bits per heavy atom. The van der Waals surface area contributed by atoms with Crippen molar-refractivity contribution >= 4 is 16.7 Å². The number of anilines is 1. The van der Waals surface area contributed by atoms with Crippen LogP contribution >= 0.6 is 0 Å². The number of morpholine rings is 1. The quantitative estimate of drug-likeness (QED) is 0.708. The molecule has 0 radical (unpaired) electrons. The van der Waals surface area contributed by atoms with Gasteiger partial charge in [-0.15, -0.1) is 0 Å². The third kappa shape index (κ3) is 1.47. The Balaban J connectivity index is 2.02. The van der Waals surface area contributed by atoms with E-state index in [0.29, 0.717) is 0 Å². The highest BCUT2D eigenvalue weighted by molar-refractivity contribution is 5.90. The number of aromatic nitrogens is 1. The highest BCUT2D eigenvalue weighted by Crippen LogP contribution is 2.28. The molecule has 0 atom stereocenters. The first-order valence-corrected chi connectivity index (χ1v) is 5.09. The van der Waals surface area contributed by atoms with Gasteiger partial charge in [0.25, 0.3) is 0 Å². The van der Waals surface area contributed by atoms with E-state index < -0.39 is 0 Å². The van der Waals surface area contributed by atoms with E-state index in [1.54, 1.807) is 12.5 Å². The average Bonchev–Trinajstić information content (AvgIpc) is 2.74. The Morgan fingerprint density at radius 2 is 2.13 bits per heavy atom. The molecule has 2 aromatic heterocycles. The lowest BCUT2D eigenvalue weighted by atomic mass is 10.2. The smallest absolute Gasteiger partial charge is 0.139 e. The van der Waals surface area contributed by atoms with Crippen molar-refractivity contribution in [3.05, 3.63) is 24.7 Å². The molecule has 1 fully saturated rings. The standard InChI is InChI=1S/C11H12N2O2/c1-2-12-7-9-10(8-15-11(1)9)13-3-5-14-6-4-13/h1-2,7-8H,3-6H2. The summed E-state index contributed by atoms with van der Waals surface area (Å²) in [4.78, 5) is 6.40. The van der Waals surface area contributed by atoms with Crippen LogP contribution in [0.15, 0.2) is 29.1 Å². The molecule has 0 bridgehead atoms. The van der Waals surface area contributed by atoms with Gasteiger partial charge >= 0.3 is 0 Å². The van der Waals surface area contributed by atoms with Crippen LogP contribution in [-0.4, -0.2) is 31.3 Å². The summed E-state index contributed by atoms with van der Waals surface area (Å²) in [7, 11) is 0. The molecule has 0 N–H and O–H groups in total. The van der Waals surface area contributed by atoms with E-state index in [-0.39, 0.29) is 0 Å². The summed E-state index contributed by atoms with van der Waals surface area (Å²) in [6.07, 6.45) is 5.40. The Labute approximate surface area is 87.5 Å². The molecule has 4 nitrogen and oxygen atoms in total. The third-order valence-corrected chi connectivity index (χ3v) is 2.71. The number of nitrogens with zero attached hydrogens (tertiary/aromatic N) is 2. The predicted molar refractivity (Wildman–Crippen MR) is 57.0 cm³/mol. The van der Waals surface area contributed by atoms with Gasteiger partial charge in [-0.3, -0.25) is 4.98 Å². The monoisotopic (exact) mass is 204 g/mol. The number of pyridine rings is 1. The summed E-state index contributed by atoms with van der Waals surface area (Å²) in [6, 6.07) is 1.89. The van der Waals surface area contributed by atoms with Crippen LogP contribution in [0.2, 0.25) is 0 Å². The Kier molecular flexibility index (Phi) is 2.07. The number of furan rings is 1. The van der Waals surface area contributed by atoms with E-state index in [1.165, 1.54) is 0 Å². The third-order valence-electron chi connectivity index (χ3n) is 2.71. The molecule has 0 aromatic carbocycles. The van der Waals surface area contributed by atoms with Gasteiger partial charge in [-0.2, -0.15) is 0 Å². The largest absolute Gasteiger partial charge is 0.462 e. The number of ether oxygens (including phenoxy) is 1. The van der Waals surface area contributed by atoms with Crippen LogP contribution in [0.3, 0.4) is 0 Å². The van der Waals surface area contributed by atoms with Gasteiger partial charge in [-0.1, -0.05) is 0 Å². The SMILES string of the molecule is c1cc2occ(N3CCOCC3)c2cn1. The van der Waals surface area contributed by atoms with Crippen LogP contribution in [0.1, 0.15) is 0 Å². The van der Waals surface area contributed by atoms with Gasteiger partial charge in [0, 0.05) is 25.5 Å². The van der Waals surface area contributed by atoms with E-state index in [1.807, 2.05) is 12.3 Å². The number of fused-ring (bicyclic) bond motifs is 1. The van der Waals surface area contributed by atoms with Crippen LogP contribution in [-0.2, 0) is 4.74 Å². The van der Waals surface area contributed by atoms with Crippen molar-refractivity contribution in [3.8, 4) is 0 Å². The fourth-order valence-electron chi connectivity index (χ4n) is 1.91. The molecule has 1 aliphatic heterocycles. The van der Waals surface area contributed by atoms with Gasteiger partial charge in [0.15, 0.2) is 0 Å². The molecule has 0 aliphatic carbocycles. The lowest BCUT2D eigenvalue weighted by Crippen LogP contribution is -2.36. The second-order valence-corrected chi connectivity index (χ2v) is 3.59. The van der Waals surface area contributed by atoms with Gasteiger partial charge in [0.05, 0.1) is 24.3 Å². The van der Waals surface area contributed by atoms with Crippen LogP contribution in [0.4, 0.5) is 5.69 Å². The molecular weight excluding hydrogens is 192 g/mol. The van der Waals surface area contributed by atoms with Crippen molar-refractivity contribution in [2.24, 2.45) is 0 Å². The molecule has 15 heavy (non-hydrogen) atoms. The molecule has 78 valence electrons. The molecule has 3 rings (SSSR count). The van der Waals surface area contributed by atoms with Crippen LogP contribution in [0, 0.1) is 0 Å². The summed E-state index contributed by atoms with van der Waals surface area (Å²) in [5, 5.41) is 1.08. The van der Waals surface area contributed by atoms with Crippen molar-refractivity contribution < 1.29 is 9.15 Å². The Bertz CT molecular complexity index is 460. The molecule has 1 saturated heterocycles. The van der Waals surface area contributed by atoms with Crippen molar-refractivity contribution in [2.45, 2.75) is 0 Å². The maximum atomic E-state index is 5.48. The fraction of sp³-hybridized carbons (Fsp3) is 0.364. The van der Waals surface area contributed by atoms with Gasteiger partial charge < -0.3 is 14.1 Å². The fourth-order valence-corrected chi connectivity index (χ4v) is 1.91.